The van der Waals surface area contributed by atoms with Gasteiger partial charge in [0.2, 0.25) is 5.91 Å². The van der Waals surface area contributed by atoms with Gasteiger partial charge in [-0.1, -0.05) is 54.2 Å². The van der Waals surface area contributed by atoms with Crippen molar-refractivity contribution in [3.05, 3.63) is 59.7 Å². The van der Waals surface area contributed by atoms with E-state index in [1.807, 2.05) is 42.5 Å². The molecule has 0 spiro atoms. The van der Waals surface area contributed by atoms with Gasteiger partial charge in [-0.25, -0.2) is 0 Å². The highest BCUT2D eigenvalue weighted by atomic mass is 32.2. The van der Waals surface area contributed by atoms with Crippen LogP contribution in [0.2, 0.25) is 0 Å². The number of benzene rings is 2. The third-order valence-electron chi connectivity index (χ3n) is 4.66. The van der Waals surface area contributed by atoms with Crippen molar-refractivity contribution in [1.29, 1.82) is 0 Å². The SMILES string of the molecule is CCn1c(SCC(=O)NCCc2ccccc2OC)nnc1-c1ccccc1C. The van der Waals surface area contributed by atoms with Crippen LogP contribution in [0.25, 0.3) is 11.4 Å². The van der Waals surface area contributed by atoms with Gasteiger partial charge in [-0.05, 0) is 37.5 Å². The lowest BCUT2D eigenvalue weighted by atomic mass is 10.1. The van der Waals surface area contributed by atoms with Crippen LogP contribution in [0.3, 0.4) is 0 Å². The van der Waals surface area contributed by atoms with Gasteiger partial charge in [0.25, 0.3) is 0 Å². The first-order valence-electron chi connectivity index (χ1n) is 9.64. The number of amides is 1. The molecule has 0 bridgehead atoms. The molecule has 152 valence electrons. The summed E-state index contributed by atoms with van der Waals surface area (Å²) in [5, 5.41) is 12.4. The zero-order valence-electron chi connectivity index (χ0n) is 17.0. The number of carbonyl (C=O) groups is 1. The Morgan fingerprint density at radius 1 is 1.14 bits per heavy atom. The number of aryl methyl sites for hydroxylation is 1. The van der Waals surface area contributed by atoms with Crippen LogP contribution in [0.4, 0.5) is 0 Å². The van der Waals surface area contributed by atoms with Crippen LogP contribution in [0, 0.1) is 6.92 Å². The van der Waals surface area contributed by atoms with E-state index in [-0.39, 0.29) is 5.91 Å². The van der Waals surface area contributed by atoms with Crippen molar-refractivity contribution in [2.75, 3.05) is 19.4 Å². The van der Waals surface area contributed by atoms with Gasteiger partial charge in [0, 0.05) is 18.7 Å². The Bertz CT molecular complexity index is 971. The first kappa shape index (κ1) is 20.9. The Labute approximate surface area is 175 Å². The molecule has 6 nitrogen and oxygen atoms in total. The van der Waals surface area contributed by atoms with Crippen LogP contribution >= 0.6 is 11.8 Å². The smallest absolute Gasteiger partial charge is 0.230 e. The lowest BCUT2D eigenvalue weighted by Gasteiger charge is -2.10. The zero-order chi connectivity index (χ0) is 20.6. The standard InChI is InChI=1S/C22H26N4O2S/c1-4-26-21(18-11-7-5-9-16(18)2)24-25-22(26)29-15-20(27)23-14-13-17-10-6-8-12-19(17)28-3/h5-12H,4,13-15H2,1-3H3,(H,23,27). The molecule has 0 aliphatic carbocycles. The molecule has 1 aromatic heterocycles. The number of nitrogens with one attached hydrogen (secondary N) is 1. The third kappa shape index (κ3) is 5.17. The summed E-state index contributed by atoms with van der Waals surface area (Å²) in [7, 11) is 1.66. The molecule has 1 amide bonds. The summed E-state index contributed by atoms with van der Waals surface area (Å²) < 4.78 is 7.40. The number of methoxy groups -OCH3 is 1. The number of hydrogen-bond donors (Lipinski definition) is 1. The van der Waals surface area contributed by atoms with Gasteiger partial charge in [-0.15, -0.1) is 10.2 Å². The molecule has 0 unspecified atom stereocenters. The second-order valence-electron chi connectivity index (χ2n) is 6.57. The van der Waals surface area contributed by atoms with Crippen molar-refractivity contribution >= 4 is 17.7 Å². The van der Waals surface area contributed by atoms with Crippen molar-refractivity contribution in [1.82, 2.24) is 20.1 Å². The number of para-hydroxylation sites is 1. The number of nitrogens with zero attached hydrogens (tertiary/aromatic N) is 3. The van der Waals surface area contributed by atoms with Gasteiger partial charge in [0.05, 0.1) is 12.9 Å². The van der Waals surface area contributed by atoms with E-state index in [1.54, 1.807) is 7.11 Å². The van der Waals surface area contributed by atoms with Crippen molar-refractivity contribution in [2.45, 2.75) is 32.0 Å². The van der Waals surface area contributed by atoms with Crippen LogP contribution in [0.5, 0.6) is 5.75 Å². The van der Waals surface area contributed by atoms with Gasteiger partial charge in [-0.3, -0.25) is 4.79 Å². The van der Waals surface area contributed by atoms with Crippen molar-refractivity contribution < 1.29 is 9.53 Å². The minimum atomic E-state index is -0.0204. The predicted octanol–water partition coefficient (Wildman–Crippen LogP) is 3.73. The van der Waals surface area contributed by atoms with Crippen LogP contribution in [-0.2, 0) is 17.8 Å². The minimum absolute atomic E-state index is 0.0204. The largest absolute Gasteiger partial charge is 0.496 e. The zero-order valence-corrected chi connectivity index (χ0v) is 17.8. The van der Waals surface area contributed by atoms with E-state index in [4.69, 9.17) is 4.74 Å². The Kier molecular flexibility index (Phi) is 7.30. The highest BCUT2D eigenvalue weighted by molar-refractivity contribution is 7.99. The second kappa shape index (κ2) is 10.1. The molecule has 2 aromatic carbocycles. The number of thioether (sulfide) groups is 1. The molecule has 3 aromatic rings. The van der Waals surface area contributed by atoms with E-state index in [0.717, 1.165) is 46.4 Å². The topological polar surface area (TPSA) is 69.0 Å². The highest BCUT2D eigenvalue weighted by Gasteiger charge is 2.15. The monoisotopic (exact) mass is 410 g/mol. The third-order valence-corrected chi connectivity index (χ3v) is 5.63. The number of hydrogen-bond acceptors (Lipinski definition) is 5. The van der Waals surface area contributed by atoms with Crippen molar-refractivity contribution in [3.63, 3.8) is 0 Å². The summed E-state index contributed by atoms with van der Waals surface area (Å²) >= 11 is 1.41. The molecular weight excluding hydrogens is 384 g/mol. The van der Waals surface area contributed by atoms with Gasteiger partial charge < -0.3 is 14.6 Å². The van der Waals surface area contributed by atoms with E-state index in [1.165, 1.54) is 11.8 Å². The maximum Gasteiger partial charge on any atom is 0.230 e. The molecule has 3 rings (SSSR count). The first-order valence-corrected chi connectivity index (χ1v) is 10.6. The van der Waals surface area contributed by atoms with Crippen molar-refractivity contribution in [3.8, 4) is 17.1 Å². The fraction of sp³-hybridized carbons (Fsp3) is 0.318. The fourth-order valence-corrected chi connectivity index (χ4v) is 3.96. The van der Waals surface area contributed by atoms with E-state index in [0.29, 0.717) is 12.3 Å². The molecule has 1 N–H and O–H groups in total. The Balaban J connectivity index is 1.56. The van der Waals surface area contributed by atoms with E-state index >= 15 is 0 Å². The molecule has 1 heterocycles. The Morgan fingerprint density at radius 2 is 1.90 bits per heavy atom. The van der Waals surface area contributed by atoms with Gasteiger partial charge >= 0.3 is 0 Å². The summed E-state index contributed by atoms with van der Waals surface area (Å²) in [6.07, 6.45) is 0.725. The molecule has 0 radical (unpaired) electrons. The summed E-state index contributed by atoms with van der Waals surface area (Å²) in [4.78, 5) is 12.3. The summed E-state index contributed by atoms with van der Waals surface area (Å²) in [5.41, 5.74) is 3.30. The average Bonchev–Trinajstić information content (AvgIpc) is 3.15. The average molecular weight is 411 g/mol. The molecule has 0 aliphatic heterocycles. The molecule has 29 heavy (non-hydrogen) atoms. The number of carbonyl (C=O) groups excluding carboxylic acids is 1. The van der Waals surface area contributed by atoms with Gasteiger partial charge in [-0.2, -0.15) is 0 Å². The van der Waals surface area contributed by atoms with Crippen LogP contribution in [-0.4, -0.2) is 40.1 Å². The first-order chi connectivity index (χ1) is 14.1. The second-order valence-corrected chi connectivity index (χ2v) is 7.51. The molecular formula is C22H26N4O2S. The fourth-order valence-electron chi connectivity index (χ4n) is 3.13. The van der Waals surface area contributed by atoms with Gasteiger partial charge in [0.15, 0.2) is 11.0 Å². The van der Waals surface area contributed by atoms with Crippen LogP contribution < -0.4 is 10.1 Å². The van der Waals surface area contributed by atoms with E-state index in [2.05, 4.69) is 40.0 Å². The predicted molar refractivity (Wildman–Crippen MR) is 116 cm³/mol. The van der Waals surface area contributed by atoms with Gasteiger partial charge in [0.1, 0.15) is 5.75 Å². The molecule has 0 fully saturated rings. The van der Waals surface area contributed by atoms with E-state index in [9.17, 15) is 4.79 Å². The lowest BCUT2D eigenvalue weighted by molar-refractivity contribution is -0.118. The normalized spacial score (nSPS) is 10.7. The highest BCUT2D eigenvalue weighted by Crippen LogP contribution is 2.26. The number of ether oxygens (including phenoxy) is 1. The molecule has 0 aliphatic rings. The maximum atomic E-state index is 12.3. The minimum Gasteiger partial charge on any atom is -0.496 e. The number of aromatic nitrogens is 3. The summed E-state index contributed by atoms with van der Waals surface area (Å²) in [6.45, 7) is 5.43. The summed E-state index contributed by atoms with van der Waals surface area (Å²) in [5.74, 6) is 1.96. The quantitative estimate of drug-likeness (QED) is 0.544. The Hall–Kier alpha value is -2.80. The molecule has 0 atom stereocenters. The number of rotatable bonds is 9. The van der Waals surface area contributed by atoms with Crippen LogP contribution in [0.1, 0.15) is 18.1 Å². The lowest BCUT2D eigenvalue weighted by Crippen LogP contribution is -2.27. The molecule has 0 saturated heterocycles. The molecule has 0 saturated carbocycles. The summed E-state index contributed by atoms with van der Waals surface area (Å²) in [6, 6.07) is 16.0. The van der Waals surface area contributed by atoms with E-state index < -0.39 is 0 Å². The molecule has 7 heteroatoms. The van der Waals surface area contributed by atoms with Crippen LogP contribution in [0.15, 0.2) is 53.7 Å². The maximum absolute atomic E-state index is 12.3. The Morgan fingerprint density at radius 3 is 2.66 bits per heavy atom. The van der Waals surface area contributed by atoms with Crippen molar-refractivity contribution in [2.24, 2.45) is 0 Å².